The zero-order valence-corrected chi connectivity index (χ0v) is 6.56. The molecular weight excluding hydrogens is 154 g/mol. The molecule has 3 heteroatoms. The van der Waals surface area contributed by atoms with E-state index in [1.165, 1.54) is 4.57 Å². The monoisotopic (exact) mass is 163 g/mol. The molecule has 0 atom stereocenters. The van der Waals surface area contributed by atoms with Gasteiger partial charge >= 0.3 is 0 Å². The summed E-state index contributed by atoms with van der Waals surface area (Å²) < 4.78 is 1.53. The van der Waals surface area contributed by atoms with Crippen molar-refractivity contribution in [1.29, 1.82) is 0 Å². The number of hydrogen-bond acceptors (Lipinski definition) is 2. The minimum Gasteiger partial charge on any atom is -0.544 e. The largest absolute Gasteiger partial charge is 0.544 e. The van der Waals surface area contributed by atoms with Gasteiger partial charge in [-0.2, -0.15) is 4.57 Å². The van der Waals surface area contributed by atoms with Crippen LogP contribution in [0.4, 0.5) is 0 Å². The van der Waals surface area contributed by atoms with Gasteiger partial charge in [0.2, 0.25) is 0 Å². The van der Waals surface area contributed by atoms with Gasteiger partial charge < -0.3 is 9.90 Å². The number of carboxylic acid groups (broad SMARTS) is 1. The van der Waals surface area contributed by atoms with Gasteiger partial charge in [-0.05, 0) is 5.56 Å². The van der Waals surface area contributed by atoms with Crippen molar-refractivity contribution in [1.82, 2.24) is 0 Å². The van der Waals surface area contributed by atoms with E-state index in [-0.39, 0.29) is 6.54 Å². The van der Waals surface area contributed by atoms with E-state index in [1.54, 1.807) is 30.6 Å². The number of aromatic nitrogens is 1. The molecule has 1 heterocycles. The van der Waals surface area contributed by atoms with E-state index in [4.69, 9.17) is 0 Å². The standard InChI is InChI=1S/C9H9NO2/c1-2-8-3-5-10(6-4-8)7-9(11)12/h2-6H,1,7H2. The summed E-state index contributed by atoms with van der Waals surface area (Å²) in [7, 11) is 0. The molecule has 0 amide bonds. The summed E-state index contributed by atoms with van der Waals surface area (Å²) >= 11 is 0. The molecule has 1 aromatic heterocycles. The number of carbonyl (C=O) groups excluding carboxylic acids is 1. The topological polar surface area (TPSA) is 44.0 Å². The third kappa shape index (κ3) is 2.20. The summed E-state index contributed by atoms with van der Waals surface area (Å²) in [6.07, 6.45) is 5.04. The van der Waals surface area contributed by atoms with Gasteiger partial charge in [-0.3, -0.25) is 0 Å². The zero-order valence-electron chi connectivity index (χ0n) is 6.56. The van der Waals surface area contributed by atoms with Crippen molar-refractivity contribution in [2.45, 2.75) is 6.54 Å². The molecule has 0 fully saturated rings. The molecular formula is C9H9NO2. The van der Waals surface area contributed by atoms with Gasteiger partial charge in [-0.1, -0.05) is 12.7 Å². The van der Waals surface area contributed by atoms with E-state index < -0.39 is 5.97 Å². The minimum atomic E-state index is -1.09. The van der Waals surface area contributed by atoms with Crippen molar-refractivity contribution in [3.63, 3.8) is 0 Å². The lowest BCUT2D eigenvalue weighted by Gasteiger charge is -1.97. The van der Waals surface area contributed by atoms with Crippen LogP contribution < -0.4 is 9.67 Å². The highest BCUT2D eigenvalue weighted by molar-refractivity contribution is 5.62. The fourth-order valence-corrected chi connectivity index (χ4v) is 0.859. The summed E-state index contributed by atoms with van der Waals surface area (Å²) in [5.41, 5.74) is 0.963. The average molecular weight is 163 g/mol. The van der Waals surface area contributed by atoms with Gasteiger partial charge in [0.05, 0.1) is 0 Å². The molecule has 62 valence electrons. The molecule has 12 heavy (non-hydrogen) atoms. The van der Waals surface area contributed by atoms with E-state index in [9.17, 15) is 9.90 Å². The molecule has 0 N–H and O–H groups in total. The van der Waals surface area contributed by atoms with Crippen LogP contribution >= 0.6 is 0 Å². The molecule has 0 saturated heterocycles. The quantitative estimate of drug-likeness (QED) is 0.557. The molecule has 0 aliphatic rings. The maximum Gasteiger partial charge on any atom is 0.187 e. The van der Waals surface area contributed by atoms with Crippen molar-refractivity contribution in [3.05, 3.63) is 36.7 Å². The van der Waals surface area contributed by atoms with E-state index >= 15 is 0 Å². The van der Waals surface area contributed by atoms with Crippen LogP contribution in [0.2, 0.25) is 0 Å². The van der Waals surface area contributed by atoms with E-state index in [0.29, 0.717) is 0 Å². The first-order chi connectivity index (χ1) is 5.72. The lowest BCUT2D eigenvalue weighted by atomic mass is 10.3. The predicted octanol–water partition coefficient (Wildman–Crippen LogP) is -0.633. The summed E-state index contributed by atoms with van der Waals surface area (Å²) in [5.74, 6) is -1.09. The molecule has 1 rings (SSSR count). The van der Waals surface area contributed by atoms with Crippen LogP contribution in [0.25, 0.3) is 6.08 Å². The summed E-state index contributed by atoms with van der Waals surface area (Å²) in [6, 6.07) is 3.58. The smallest absolute Gasteiger partial charge is 0.187 e. The Labute approximate surface area is 70.6 Å². The summed E-state index contributed by atoms with van der Waals surface area (Å²) in [5, 5.41) is 10.2. The van der Waals surface area contributed by atoms with Crippen LogP contribution in [0.3, 0.4) is 0 Å². The summed E-state index contributed by atoms with van der Waals surface area (Å²) in [4.78, 5) is 10.2. The Bertz CT molecular complexity index is 290. The second-order valence-electron chi connectivity index (χ2n) is 2.38. The Balaban J connectivity index is 2.77. The first-order valence-corrected chi connectivity index (χ1v) is 3.54. The van der Waals surface area contributed by atoms with Crippen molar-refractivity contribution >= 4 is 12.0 Å². The number of carbonyl (C=O) groups is 1. The SMILES string of the molecule is C=Cc1cc[n+](CC(=O)[O-])cc1. The molecule has 0 spiro atoms. The lowest BCUT2D eigenvalue weighted by Crippen LogP contribution is -2.43. The van der Waals surface area contributed by atoms with Crippen LogP contribution in [0.1, 0.15) is 5.56 Å². The van der Waals surface area contributed by atoms with Crippen LogP contribution in [0.5, 0.6) is 0 Å². The highest BCUT2D eigenvalue weighted by Gasteiger charge is 1.98. The average Bonchev–Trinajstić information content (AvgIpc) is 2.05. The molecule has 0 aliphatic carbocycles. The van der Waals surface area contributed by atoms with Gasteiger partial charge in [0, 0.05) is 12.1 Å². The number of rotatable bonds is 3. The number of aliphatic carboxylic acids is 1. The maximum atomic E-state index is 10.2. The van der Waals surface area contributed by atoms with Crippen molar-refractivity contribution in [2.24, 2.45) is 0 Å². The molecule has 0 bridgehead atoms. The Morgan fingerprint density at radius 3 is 2.58 bits per heavy atom. The number of pyridine rings is 1. The highest BCUT2D eigenvalue weighted by Crippen LogP contribution is 1.94. The molecule has 0 saturated carbocycles. The Kier molecular flexibility index (Phi) is 2.58. The first kappa shape index (κ1) is 8.46. The maximum absolute atomic E-state index is 10.2. The summed E-state index contributed by atoms with van der Waals surface area (Å²) in [6.45, 7) is 3.47. The normalized spacial score (nSPS) is 9.33. The van der Waals surface area contributed by atoms with Crippen molar-refractivity contribution in [3.8, 4) is 0 Å². The van der Waals surface area contributed by atoms with Gasteiger partial charge in [0.25, 0.3) is 0 Å². The third-order valence-electron chi connectivity index (χ3n) is 1.46. The highest BCUT2D eigenvalue weighted by atomic mass is 16.4. The third-order valence-corrected chi connectivity index (χ3v) is 1.46. The molecule has 0 aliphatic heterocycles. The van der Waals surface area contributed by atoms with Gasteiger partial charge in [0.15, 0.2) is 18.9 Å². The zero-order chi connectivity index (χ0) is 8.97. The lowest BCUT2D eigenvalue weighted by molar-refractivity contribution is -0.690. The fourth-order valence-electron chi connectivity index (χ4n) is 0.859. The van der Waals surface area contributed by atoms with Gasteiger partial charge in [-0.25, -0.2) is 0 Å². The van der Waals surface area contributed by atoms with Gasteiger partial charge in [0.1, 0.15) is 5.97 Å². The van der Waals surface area contributed by atoms with Crippen LogP contribution in [-0.4, -0.2) is 5.97 Å². The number of nitrogens with zero attached hydrogens (tertiary/aromatic N) is 1. The fraction of sp³-hybridized carbons (Fsp3) is 0.111. The molecule has 0 unspecified atom stereocenters. The van der Waals surface area contributed by atoms with Crippen molar-refractivity contribution in [2.75, 3.05) is 0 Å². The second-order valence-corrected chi connectivity index (χ2v) is 2.38. The number of hydrogen-bond donors (Lipinski definition) is 0. The number of carboxylic acids is 1. The molecule has 3 nitrogen and oxygen atoms in total. The Hall–Kier alpha value is -1.64. The van der Waals surface area contributed by atoms with Crippen molar-refractivity contribution < 1.29 is 14.5 Å². The van der Waals surface area contributed by atoms with Crippen LogP contribution in [0, 0.1) is 0 Å². The van der Waals surface area contributed by atoms with Gasteiger partial charge in [-0.15, -0.1) is 0 Å². The Morgan fingerprint density at radius 1 is 1.58 bits per heavy atom. The minimum absolute atomic E-state index is 0.114. The Morgan fingerprint density at radius 2 is 2.17 bits per heavy atom. The first-order valence-electron chi connectivity index (χ1n) is 3.54. The molecule has 0 radical (unpaired) electrons. The van der Waals surface area contributed by atoms with E-state index in [1.807, 2.05) is 0 Å². The van der Waals surface area contributed by atoms with Crippen LogP contribution in [0.15, 0.2) is 31.1 Å². The van der Waals surface area contributed by atoms with E-state index in [0.717, 1.165) is 5.56 Å². The second kappa shape index (κ2) is 3.67. The molecule has 1 aromatic rings. The van der Waals surface area contributed by atoms with Crippen LogP contribution in [-0.2, 0) is 11.3 Å². The molecule has 0 aromatic carbocycles. The van der Waals surface area contributed by atoms with E-state index in [2.05, 4.69) is 6.58 Å². The predicted molar refractivity (Wildman–Crippen MR) is 41.7 cm³/mol.